The van der Waals surface area contributed by atoms with E-state index in [1.807, 2.05) is 0 Å². The zero-order valence-electron chi connectivity index (χ0n) is 12.4. The zero-order valence-corrected chi connectivity index (χ0v) is 12.4. The lowest BCUT2D eigenvalue weighted by Gasteiger charge is -2.14. The van der Waals surface area contributed by atoms with Crippen molar-refractivity contribution >= 4 is 0 Å². The average Bonchev–Trinajstić information content (AvgIpc) is 3.09. The Morgan fingerprint density at radius 1 is 1.35 bits per heavy atom. The molecule has 1 aliphatic heterocycles. The number of fused-ring (bicyclic) bond motifs is 1. The molecule has 2 aliphatic rings. The largest absolute Gasteiger partial charge is 0.493 e. The van der Waals surface area contributed by atoms with Crippen LogP contribution in [0.2, 0.25) is 0 Å². The Kier molecular flexibility index (Phi) is 4.58. The van der Waals surface area contributed by atoms with E-state index >= 15 is 0 Å². The minimum Gasteiger partial charge on any atom is -0.493 e. The van der Waals surface area contributed by atoms with Crippen molar-refractivity contribution in [1.29, 1.82) is 0 Å². The second kappa shape index (κ2) is 6.59. The molecule has 20 heavy (non-hydrogen) atoms. The van der Waals surface area contributed by atoms with Crippen LogP contribution < -0.4 is 10.1 Å². The van der Waals surface area contributed by atoms with E-state index in [0.29, 0.717) is 12.1 Å². The summed E-state index contributed by atoms with van der Waals surface area (Å²) < 4.78 is 11.5. The molecule has 3 heteroatoms. The average molecular weight is 275 g/mol. The van der Waals surface area contributed by atoms with Gasteiger partial charge < -0.3 is 14.8 Å². The molecule has 1 heterocycles. The molecule has 0 bridgehead atoms. The Morgan fingerprint density at radius 2 is 2.30 bits per heavy atom. The summed E-state index contributed by atoms with van der Waals surface area (Å²) in [6, 6.07) is 7.11. The van der Waals surface area contributed by atoms with Gasteiger partial charge in [-0.25, -0.2) is 0 Å². The Bertz CT molecular complexity index is 441. The predicted molar refractivity (Wildman–Crippen MR) is 80.3 cm³/mol. The van der Waals surface area contributed by atoms with Gasteiger partial charge in [-0.05, 0) is 55.5 Å². The fourth-order valence-corrected chi connectivity index (χ4v) is 3.32. The molecule has 3 rings (SSSR count). The molecule has 2 atom stereocenters. The van der Waals surface area contributed by atoms with Crippen molar-refractivity contribution in [3.8, 4) is 5.75 Å². The van der Waals surface area contributed by atoms with Crippen molar-refractivity contribution in [2.75, 3.05) is 19.8 Å². The summed E-state index contributed by atoms with van der Waals surface area (Å²) in [5.41, 5.74) is 2.91. The fraction of sp³-hybridized carbons (Fsp3) is 0.647. The number of hydrogen-bond donors (Lipinski definition) is 1. The van der Waals surface area contributed by atoms with Gasteiger partial charge in [-0.3, -0.25) is 0 Å². The van der Waals surface area contributed by atoms with E-state index in [1.165, 1.54) is 30.4 Å². The zero-order chi connectivity index (χ0) is 13.8. The maximum atomic E-state index is 5.89. The molecule has 1 fully saturated rings. The highest BCUT2D eigenvalue weighted by atomic mass is 16.5. The van der Waals surface area contributed by atoms with Gasteiger partial charge in [-0.15, -0.1) is 0 Å². The van der Waals surface area contributed by atoms with Gasteiger partial charge in [0.25, 0.3) is 0 Å². The maximum absolute atomic E-state index is 5.89. The molecule has 0 amide bonds. The summed E-state index contributed by atoms with van der Waals surface area (Å²) >= 11 is 0. The number of ether oxygens (including phenoxy) is 2. The van der Waals surface area contributed by atoms with E-state index in [9.17, 15) is 0 Å². The quantitative estimate of drug-likeness (QED) is 0.864. The highest BCUT2D eigenvalue weighted by Crippen LogP contribution is 2.33. The normalized spacial score (nSPS) is 24.9. The molecular weight excluding hydrogens is 250 g/mol. The summed E-state index contributed by atoms with van der Waals surface area (Å²) in [5, 5.41) is 3.54. The number of rotatable bonds is 6. The fourth-order valence-electron chi connectivity index (χ4n) is 3.32. The van der Waals surface area contributed by atoms with Crippen LogP contribution in [0.15, 0.2) is 18.2 Å². The van der Waals surface area contributed by atoms with E-state index in [1.54, 1.807) is 0 Å². The first kappa shape index (κ1) is 13.9. The molecule has 0 saturated carbocycles. The standard InChI is InChI=1S/C17H25NO2/c1-2-18-17-8-5-13-12-15(6-7-16(13)17)20-11-9-14-4-3-10-19-14/h6-7,12,14,17-18H,2-5,8-11H2,1H3. The van der Waals surface area contributed by atoms with E-state index in [-0.39, 0.29) is 0 Å². The van der Waals surface area contributed by atoms with Crippen molar-refractivity contribution in [2.24, 2.45) is 0 Å². The van der Waals surface area contributed by atoms with Gasteiger partial charge >= 0.3 is 0 Å². The van der Waals surface area contributed by atoms with Crippen LogP contribution in [-0.2, 0) is 11.2 Å². The van der Waals surface area contributed by atoms with Crippen LogP contribution in [-0.4, -0.2) is 25.9 Å². The van der Waals surface area contributed by atoms with Crippen molar-refractivity contribution < 1.29 is 9.47 Å². The van der Waals surface area contributed by atoms with Crippen LogP contribution >= 0.6 is 0 Å². The molecule has 3 nitrogen and oxygen atoms in total. The molecule has 1 aliphatic carbocycles. The number of nitrogens with one attached hydrogen (secondary N) is 1. The second-order valence-corrected chi connectivity index (χ2v) is 5.78. The third-order valence-electron chi connectivity index (χ3n) is 4.38. The summed E-state index contributed by atoms with van der Waals surface area (Å²) in [6.07, 6.45) is 6.20. The van der Waals surface area contributed by atoms with Crippen molar-refractivity contribution in [1.82, 2.24) is 5.32 Å². The van der Waals surface area contributed by atoms with Crippen LogP contribution in [0.1, 0.15) is 49.8 Å². The highest BCUT2D eigenvalue weighted by Gasteiger charge is 2.22. The summed E-state index contributed by atoms with van der Waals surface area (Å²) in [4.78, 5) is 0. The van der Waals surface area contributed by atoms with Crippen LogP contribution in [0, 0.1) is 0 Å². The monoisotopic (exact) mass is 275 g/mol. The predicted octanol–water partition coefficient (Wildman–Crippen LogP) is 3.23. The molecule has 0 spiro atoms. The van der Waals surface area contributed by atoms with Crippen molar-refractivity contribution in [2.45, 2.75) is 51.2 Å². The first-order valence-electron chi connectivity index (χ1n) is 7.97. The van der Waals surface area contributed by atoms with Gasteiger partial charge in [-0.1, -0.05) is 13.0 Å². The number of benzene rings is 1. The molecular formula is C17H25NO2. The second-order valence-electron chi connectivity index (χ2n) is 5.78. The van der Waals surface area contributed by atoms with Crippen LogP contribution in [0.25, 0.3) is 0 Å². The lowest BCUT2D eigenvalue weighted by atomic mass is 10.1. The van der Waals surface area contributed by atoms with Gasteiger partial charge in [0.2, 0.25) is 0 Å². The minimum atomic E-state index is 0.419. The van der Waals surface area contributed by atoms with Gasteiger partial charge in [0.05, 0.1) is 12.7 Å². The highest BCUT2D eigenvalue weighted by molar-refractivity contribution is 5.40. The lowest BCUT2D eigenvalue weighted by molar-refractivity contribution is 0.0903. The maximum Gasteiger partial charge on any atom is 0.119 e. The van der Waals surface area contributed by atoms with E-state index < -0.39 is 0 Å². The van der Waals surface area contributed by atoms with Crippen LogP contribution in [0.4, 0.5) is 0 Å². The topological polar surface area (TPSA) is 30.5 Å². The van der Waals surface area contributed by atoms with Crippen LogP contribution in [0.5, 0.6) is 5.75 Å². The van der Waals surface area contributed by atoms with Gasteiger partial charge in [-0.2, -0.15) is 0 Å². The number of hydrogen-bond acceptors (Lipinski definition) is 3. The van der Waals surface area contributed by atoms with Gasteiger partial charge in [0.1, 0.15) is 5.75 Å². The Morgan fingerprint density at radius 3 is 3.10 bits per heavy atom. The molecule has 2 unspecified atom stereocenters. The van der Waals surface area contributed by atoms with E-state index in [0.717, 1.165) is 38.3 Å². The Labute approximate surface area is 121 Å². The third kappa shape index (κ3) is 3.15. The Hall–Kier alpha value is -1.06. The van der Waals surface area contributed by atoms with Gasteiger partial charge in [0.15, 0.2) is 0 Å². The summed E-state index contributed by atoms with van der Waals surface area (Å²) in [6.45, 7) is 4.89. The smallest absolute Gasteiger partial charge is 0.119 e. The molecule has 0 radical (unpaired) electrons. The molecule has 110 valence electrons. The van der Waals surface area contributed by atoms with E-state index in [4.69, 9.17) is 9.47 Å². The molecule has 1 saturated heterocycles. The minimum absolute atomic E-state index is 0.419. The number of aryl methyl sites for hydroxylation is 1. The van der Waals surface area contributed by atoms with E-state index in [2.05, 4.69) is 30.4 Å². The molecule has 0 aromatic heterocycles. The molecule has 1 aromatic rings. The van der Waals surface area contributed by atoms with Crippen molar-refractivity contribution in [3.63, 3.8) is 0 Å². The third-order valence-corrected chi connectivity index (χ3v) is 4.38. The van der Waals surface area contributed by atoms with Gasteiger partial charge in [0, 0.05) is 19.1 Å². The molecule has 1 N–H and O–H groups in total. The summed E-state index contributed by atoms with van der Waals surface area (Å²) in [7, 11) is 0. The Balaban J connectivity index is 1.53. The summed E-state index contributed by atoms with van der Waals surface area (Å²) in [5.74, 6) is 1.01. The SMILES string of the molecule is CCNC1CCc2cc(OCCC3CCCO3)ccc21. The molecule has 1 aromatic carbocycles. The van der Waals surface area contributed by atoms with Crippen molar-refractivity contribution in [3.05, 3.63) is 29.3 Å². The first-order valence-corrected chi connectivity index (χ1v) is 7.97. The lowest BCUT2D eigenvalue weighted by Crippen LogP contribution is -2.18. The first-order chi connectivity index (χ1) is 9.86. The van der Waals surface area contributed by atoms with Crippen LogP contribution in [0.3, 0.4) is 0 Å².